The van der Waals surface area contributed by atoms with Crippen molar-refractivity contribution in [3.63, 3.8) is 0 Å². The van der Waals surface area contributed by atoms with Gasteiger partial charge in [-0.2, -0.15) is 0 Å². The van der Waals surface area contributed by atoms with Crippen LogP contribution in [-0.4, -0.2) is 38.5 Å². The molecular weight excluding hydrogens is 270 g/mol. The van der Waals surface area contributed by atoms with Gasteiger partial charge in [-0.05, 0) is 12.0 Å². The molecule has 1 saturated heterocycles. The lowest BCUT2D eigenvalue weighted by atomic mass is 10.1. The molecular formula is C14H17N5S. The molecule has 1 aromatic carbocycles. The molecule has 1 aliphatic heterocycles. The first-order valence-electron chi connectivity index (χ1n) is 6.72. The minimum absolute atomic E-state index is 0.479. The average molecular weight is 287 g/mol. The van der Waals surface area contributed by atoms with Crippen molar-refractivity contribution in [2.45, 2.75) is 19.0 Å². The standard InChI is InChI=1S/C14H17N5S/c1-2-4-12(5-3-1)10-13-11-20-14(17-13)15-6-8-19-9-7-16-18-19/h1-5,7,9,13H,6,8,10-11H2,(H,15,17). The van der Waals surface area contributed by atoms with E-state index in [1.807, 2.05) is 6.20 Å². The van der Waals surface area contributed by atoms with E-state index in [-0.39, 0.29) is 0 Å². The second-order valence-electron chi connectivity index (χ2n) is 4.69. The Morgan fingerprint density at radius 1 is 1.35 bits per heavy atom. The highest BCUT2D eigenvalue weighted by atomic mass is 32.2. The van der Waals surface area contributed by atoms with Gasteiger partial charge in [0.25, 0.3) is 0 Å². The number of rotatable bonds is 5. The molecule has 2 aromatic rings. The number of hydrogen-bond acceptors (Lipinski definition) is 4. The SMILES string of the molecule is c1ccc(CC2CSC(=NCCn3ccnn3)N2)cc1. The van der Waals surface area contributed by atoms with E-state index >= 15 is 0 Å². The van der Waals surface area contributed by atoms with Crippen molar-refractivity contribution in [3.05, 3.63) is 48.3 Å². The number of aliphatic imine (C=N–C) groups is 1. The zero-order chi connectivity index (χ0) is 13.6. The Labute approximate surface area is 122 Å². The lowest BCUT2D eigenvalue weighted by Crippen LogP contribution is -2.29. The van der Waals surface area contributed by atoms with Crippen molar-refractivity contribution in [2.75, 3.05) is 12.3 Å². The molecule has 0 spiro atoms. The normalized spacial score (nSPS) is 20.2. The predicted octanol–water partition coefficient (Wildman–Crippen LogP) is 1.58. The maximum atomic E-state index is 4.57. The molecule has 1 N–H and O–H groups in total. The van der Waals surface area contributed by atoms with E-state index in [1.54, 1.807) is 22.6 Å². The Bertz CT molecular complexity index is 552. The highest BCUT2D eigenvalue weighted by Gasteiger charge is 2.19. The topological polar surface area (TPSA) is 55.1 Å². The number of hydrogen-bond donors (Lipinski definition) is 1. The van der Waals surface area contributed by atoms with Gasteiger partial charge in [0.15, 0.2) is 5.17 Å². The maximum Gasteiger partial charge on any atom is 0.156 e. The summed E-state index contributed by atoms with van der Waals surface area (Å²) in [6, 6.07) is 11.1. The molecule has 3 rings (SSSR count). The molecule has 0 amide bonds. The van der Waals surface area contributed by atoms with Crippen LogP contribution in [0.2, 0.25) is 0 Å². The molecule has 0 bridgehead atoms. The van der Waals surface area contributed by atoms with Crippen LogP contribution >= 0.6 is 11.8 Å². The fourth-order valence-corrected chi connectivity index (χ4v) is 3.14. The number of thioether (sulfide) groups is 1. The lowest BCUT2D eigenvalue weighted by Gasteiger charge is -2.09. The van der Waals surface area contributed by atoms with Crippen LogP contribution in [0.5, 0.6) is 0 Å². The average Bonchev–Trinajstić information content (AvgIpc) is 3.12. The van der Waals surface area contributed by atoms with Gasteiger partial charge >= 0.3 is 0 Å². The minimum Gasteiger partial charge on any atom is -0.361 e. The summed E-state index contributed by atoms with van der Waals surface area (Å²) < 4.78 is 1.80. The molecule has 5 nitrogen and oxygen atoms in total. The van der Waals surface area contributed by atoms with Gasteiger partial charge in [0.2, 0.25) is 0 Å². The van der Waals surface area contributed by atoms with Crippen LogP contribution in [0.1, 0.15) is 5.56 Å². The summed E-state index contributed by atoms with van der Waals surface area (Å²) in [4.78, 5) is 4.57. The van der Waals surface area contributed by atoms with Crippen molar-refractivity contribution in [1.29, 1.82) is 0 Å². The van der Waals surface area contributed by atoms with Crippen LogP contribution in [0.15, 0.2) is 47.7 Å². The molecule has 1 aliphatic rings. The summed E-state index contributed by atoms with van der Waals surface area (Å²) in [6.45, 7) is 1.51. The summed E-state index contributed by atoms with van der Waals surface area (Å²) in [5, 5.41) is 12.2. The second kappa shape index (κ2) is 6.56. The monoisotopic (exact) mass is 287 g/mol. The van der Waals surface area contributed by atoms with E-state index in [0.717, 1.165) is 30.4 Å². The quantitative estimate of drug-likeness (QED) is 0.907. The summed E-state index contributed by atoms with van der Waals surface area (Å²) >= 11 is 1.80. The van der Waals surface area contributed by atoms with Crippen LogP contribution in [0.4, 0.5) is 0 Å². The molecule has 0 radical (unpaired) electrons. The van der Waals surface area contributed by atoms with E-state index < -0.39 is 0 Å². The molecule has 1 atom stereocenters. The van der Waals surface area contributed by atoms with Crippen LogP contribution in [-0.2, 0) is 13.0 Å². The molecule has 104 valence electrons. The summed E-state index contributed by atoms with van der Waals surface area (Å²) in [5.41, 5.74) is 1.37. The molecule has 20 heavy (non-hydrogen) atoms. The van der Waals surface area contributed by atoms with E-state index in [1.165, 1.54) is 5.56 Å². The lowest BCUT2D eigenvalue weighted by molar-refractivity contribution is 0.597. The van der Waals surface area contributed by atoms with E-state index in [9.17, 15) is 0 Å². The van der Waals surface area contributed by atoms with Crippen LogP contribution in [0, 0.1) is 0 Å². The smallest absolute Gasteiger partial charge is 0.156 e. The Hall–Kier alpha value is -1.82. The van der Waals surface area contributed by atoms with Gasteiger partial charge < -0.3 is 5.32 Å². The fraction of sp³-hybridized carbons (Fsp3) is 0.357. The van der Waals surface area contributed by atoms with Crippen LogP contribution < -0.4 is 5.32 Å². The first kappa shape index (κ1) is 13.2. The summed E-state index contributed by atoms with van der Waals surface area (Å²) in [7, 11) is 0. The highest BCUT2D eigenvalue weighted by Crippen LogP contribution is 2.17. The number of benzene rings is 1. The molecule has 0 saturated carbocycles. The van der Waals surface area contributed by atoms with Crippen LogP contribution in [0.25, 0.3) is 0 Å². The van der Waals surface area contributed by atoms with Crippen molar-refractivity contribution in [1.82, 2.24) is 20.3 Å². The van der Waals surface area contributed by atoms with Gasteiger partial charge in [-0.1, -0.05) is 47.3 Å². The molecule has 2 heterocycles. The zero-order valence-corrected chi connectivity index (χ0v) is 12.0. The van der Waals surface area contributed by atoms with Crippen molar-refractivity contribution >= 4 is 16.9 Å². The first-order valence-corrected chi connectivity index (χ1v) is 7.70. The minimum atomic E-state index is 0.479. The highest BCUT2D eigenvalue weighted by molar-refractivity contribution is 8.14. The van der Waals surface area contributed by atoms with Gasteiger partial charge in [0, 0.05) is 18.0 Å². The van der Waals surface area contributed by atoms with Gasteiger partial charge in [-0.25, -0.2) is 0 Å². The van der Waals surface area contributed by atoms with Gasteiger partial charge in [-0.15, -0.1) is 5.10 Å². The zero-order valence-electron chi connectivity index (χ0n) is 11.1. The van der Waals surface area contributed by atoms with Gasteiger partial charge in [-0.3, -0.25) is 9.67 Å². The Balaban J connectivity index is 1.47. The number of nitrogens with zero attached hydrogens (tertiary/aromatic N) is 4. The van der Waals surface area contributed by atoms with E-state index in [2.05, 4.69) is 51.0 Å². The fourth-order valence-electron chi connectivity index (χ4n) is 2.14. The third-order valence-electron chi connectivity index (χ3n) is 3.13. The van der Waals surface area contributed by atoms with Crippen molar-refractivity contribution < 1.29 is 0 Å². The van der Waals surface area contributed by atoms with Crippen molar-refractivity contribution in [3.8, 4) is 0 Å². The second-order valence-corrected chi connectivity index (χ2v) is 5.70. The largest absolute Gasteiger partial charge is 0.361 e. The molecule has 1 aromatic heterocycles. The number of amidine groups is 1. The molecule has 1 fully saturated rings. The third-order valence-corrected chi connectivity index (χ3v) is 4.22. The molecule has 0 aliphatic carbocycles. The number of nitrogens with one attached hydrogen (secondary N) is 1. The van der Waals surface area contributed by atoms with Gasteiger partial charge in [0.1, 0.15) is 0 Å². The Kier molecular flexibility index (Phi) is 4.32. The first-order chi connectivity index (χ1) is 9.90. The third kappa shape index (κ3) is 3.60. The summed E-state index contributed by atoms with van der Waals surface area (Å²) in [6.07, 6.45) is 4.59. The Morgan fingerprint density at radius 3 is 3.05 bits per heavy atom. The Morgan fingerprint density at radius 2 is 2.25 bits per heavy atom. The molecule has 6 heteroatoms. The number of aromatic nitrogens is 3. The van der Waals surface area contributed by atoms with Crippen molar-refractivity contribution in [2.24, 2.45) is 4.99 Å². The van der Waals surface area contributed by atoms with Crippen LogP contribution in [0.3, 0.4) is 0 Å². The van der Waals surface area contributed by atoms with E-state index in [0.29, 0.717) is 6.04 Å². The molecule has 1 unspecified atom stereocenters. The maximum absolute atomic E-state index is 4.57. The summed E-state index contributed by atoms with van der Waals surface area (Å²) in [5.74, 6) is 1.08. The van der Waals surface area contributed by atoms with Gasteiger partial charge in [0.05, 0.1) is 19.3 Å². The van der Waals surface area contributed by atoms with E-state index in [4.69, 9.17) is 0 Å². The predicted molar refractivity (Wildman–Crippen MR) is 81.9 cm³/mol.